The predicted molar refractivity (Wildman–Crippen MR) is 105 cm³/mol. The number of methoxy groups -OCH3 is 1. The standard InChI is InChI=1S/C22H18FNO4/c1-26-21-12-15-14-6-2-4-8-18(14)28-20(15)13-17(21)24-22(25)10-11-27-19-9-5-3-7-16(19)23/h2-9,12-13H,10-11H2,1H3,(H,24,25). The molecule has 1 N–H and O–H groups in total. The molecule has 1 aromatic heterocycles. The number of fused-ring (bicyclic) bond motifs is 3. The Hall–Kier alpha value is -3.54. The maximum Gasteiger partial charge on any atom is 0.227 e. The molecule has 4 rings (SSSR count). The quantitative estimate of drug-likeness (QED) is 0.504. The SMILES string of the molecule is COc1cc2c(cc1NC(=O)CCOc1ccccc1F)oc1ccccc12. The van der Waals surface area contributed by atoms with Crippen LogP contribution < -0.4 is 14.8 Å². The number of halogens is 1. The van der Waals surface area contributed by atoms with E-state index in [0.29, 0.717) is 17.0 Å². The van der Waals surface area contributed by atoms with Crippen LogP contribution in [0.4, 0.5) is 10.1 Å². The molecule has 0 spiro atoms. The van der Waals surface area contributed by atoms with Crippen molar-refractivity contribution in [1.82, 2.24) is 0 Å². The van der Waals surface area contributed by atoms with Crippen LogP contribution >= 0.6 is 0 Å². The summed E-state index contributed by atoms with van der Waals surface area (Å²) in [5.41, 5.74) is 1.92. The highest BCUT2D eigenvalue weighted by molar-refractivity contribution is 6.07. The largest absolute Gasteiger partial charge is 0.495 e. The number of hydrogen-bond donors (Lipinski definition) is 1. The molecule has 1 heterocycles. The van der Waals surface area contributed by atoms with E-state index in [4.69, 9.17) is 13.9 Å². The number of anilines is 1. The molecule has 0 unspecified atom stereocenters. The number of amides is 1. The summed E-state index contributed by atoms with van der Waals surface area (Å²) in [5, 5.41) is 4.69. The van der Waals surface area contributed by atoms with Crippen molar-refractivity contribution in [3.05, 3.63) is 66.5 Å². The van der Waals surface area contributed by atoms with Gasteiger partial charge in [-0.15, -0.1) is 0 Å². The third-order valence-electron chi connectivity index (χ3n) is 4.40. The summed E-state index contributed by atoms with van der Waals surface area (Å²) in [6.07, 6.45) is 0.0651. The highest BCUT2D eigenvalue weighted by atomic mass is 19.1. The summed E-state index contributed by atoms with van der Waals surface area (Å²) in [4.78, 5) is 12.3. The van der Waals surface area contributed by atoms with Crippen molar-refractivity contribution in [2.45, 2.75) is 6.42 Å². The molecule has 0 saturated heterocycles. The molecule has 0 aliphatic carbocycles. The van der Waals surface area contributed by atoms with Crippen LogP contribution in [-0.2, 0) is 4.79 Å². The van der Waals surface area contributed by atoms with Crippen LogP contribution in [0.25, 0.3) is 21.9 Å². The zero-order chi connectivity index (χ0) is 19.5. The number of hydrogen-bond acceptors (Lipinski definition) is 4. The number of ether oxygens (including phenoxy) is 2. The van der Waals surface area contributed by atoms with Crippen LogP contribution in [0.2, 0.25) is 0 Å². The van der Waals surface area contributed by atoms with Crippen molar-refractivity contribution in [1.29, 1.82) is 0 Å². The first-order valence-electron chi connectivity index (χ1n) is 8.82. The molecule has 0 radical (unpaired) electrons. The lowest BCUT2D eigenvalue weighted by atomic mass is 10.1. The lowest BCUT2D eigenvalue weighted by Gasteiger charge is -2.11. The van der Waals surface area contributed by atoms with Crippen molar-refractivity contribution in [3.8, 4) is 11.5 Å². The van der Waals surface area contributed by atoms with Crippen molar-refractivity contribution >= 4 is 33.5 Å². The second kappa shape index (κ2) is 7.60. The number of carbonyl (C=O) groups is 1. The highest BCUT2D eigenvalue weighted by Gasteiger charge is 2.14. The van der Waals surface area contributed by atoms with Gasteiger partial charge in [-0.25, -0.2) is 4.39 Å². The van der Waals surface area contributed by atoms with Crippen LogP contribution in [0.15, 0.2) is 65.1 Å². The average molecular weight is 379 g/mol. The van der Waals surface area contributed by atoms with Gasteiger partial charge in [0.1, 0.15) is 16.9 Å². The lowest BCUT2D eigenvalue weighted by Crippen LogP contribution is -2.16. The Bertz CT molecular complexity index is 1150. The summed E-state index contributed by atoms with van der Waals surface area (Å²) in [6, 6.07) is 17.4. The zero-order valence-electron chi connectivity index (χ0n) is 15.2. The normalized spacial score (nSPS) is 10.9. The molecular formula is C22H18FNO4. The molecule has 0 aliphatic rings. The number of furan rings is 1. The van der Waals surface area contributed by atoms with Gasteiger partial charge in [-0.3, -0.25) is 4.79 Å². The Kier molecular flexibility index (Phi) is 4.85. The fraction of sp³-hybridized carbons (Fsp3) is 0.136. The molecule has 28 heavy (non-hydrogen) atoms. The Labute approximate surface area is 160 Å². The van der Waals surface area contributed by atoms with E-state index in [0.717, 1.165) is 16.4 Å². The molecule has 1 amide bonds. The average Bonchev–Trinajstić information content (AvgIpc) is 3.06. The zero-order valence-corrected chi connectivity index (χ0v) is 15.2. The highest BCUT2D eigenvalue weighted by Crippen LogP contribution is 2.36. The minimum Gasteiger partial charge on any atom is -0.495 e. The van der Waals surface area contributed by atoms with Gasteiger partial charge < -0.3 is 19.2 Å². The fourth-order valence-electron chi connectivity index (χ4n) is 3.05. The van der Waals surface area contributed by atoms with Gasteiger partial charge in [0, 0.05) is 16.8 Å². The number of carbonyl (C=O) groups excluding carboxylic acids is 1. The van der Waals surface area contributed by atoms with Gasteiger partial charge in [-0.2, -0.15) is 0 Å². The third kappa shape index (κ3) is 3.49. The Morgan fingerprint density at radius 1 is 1.00 bits per heavy atom. The summed E-state index contributed by atoms with van der Waals surface area (Å²) < 4.78 is 30.1. The number of nitrogens with one attached hydrogen (secondary N) is 1. The molecule has 3 aromatic carbocycles. The van der Waals surface area contributed by atoms with Crippen LogP contribution in [-0.4, -0.2) is 19.6 Å². The first kappa shape index (κ1) is 17.9. The summed E-state index contributed by atoms with van der Waals surface area (Å²) in [6.45, 7) is 0.0575. The van der Waals surface area contributed by atoms with E-state index in [2.05, 4.69) is 5.32 Å². The van der Waals surface area contributed by atoms with E-state index in [1.807, 2.05) is 30.3 Å². The topological polar surface area (TPSA) is 60.7 Å². The van der Waals surface area contributed by atoms with Gasteiger partial charge in [0.15, 0.2) is 11.6 Å². The van der Waals surface area contributed by atoms with E-state index in [9.17, 15) is 9.18 Å². The van der Waals surface area contributed by atoms with Gasteiger partial charge in [0.25, 0.3) is 0 Å². The van der Waals surface area contributed by atoms with Crippen LogP contribution in [0, 0.1) is 5.82 Å². The number of benzene rings is 3. The van der Waals surface area contributed by atoms with Crippen molar-refractivity contribution < 1.29 is 23.1 Å². The van der Waals surface area contributed by atoms with Crippen molar-refractivity contribution in [2.75, 3.05) is 19.0 Å². The second-order valence-corrected chi connectivity index (χ2v) is 6.22. The van der Waals surface area contributed by atoms with Crippen molar-refractivity contribution in [3.63, 3.8) is 0 Å². The van der Waals surface area contributed by atoms with E-state index >= 15 is 0 Å². The maximum absolute atomic E-state index is 13.5. The van der Waals surface area contributed by atoms with Gasteiger partial charge in [-0.1, -0.05) is 30.3 Å². The van der Waals surface area contributed by atoms with Gasteiger partial charge in [-0.05, 0) is 24.3 Å². The van der Waals surface area contributed by atoms with Crippen LogP contribution in [0.3, 0.4) is 0 Å². The number of para-hydroxylation sites is 2. The summed E-state index contributed by atoms with van der Waals surface area (Å²) >= 11 is 0. The molecule has 0 aliphatic heterocycles. The van der Waals surface area contributed by atoms with E-state index in [1.54, 1.807) is 25.3 Å². The molecular weight excluding hydrogens is 361 g/mol. The molecule has 5 nitrogen and oxygen atoms in total. The molecule has 142 valence electrons. The minimum absolute atomic E-state index is 0.0575. The van der Waals surface area contributed by atoms with Gasteiger partial charge in [0.2, 0.25) is 5.91 Å². The van der Waals surface area contributed by atoms with Gasteiger partial charge >= 0.3 is 0 Å². The second-order valence-electron chi connectivity index (χ2n) is 6.22. The smallest absolute Gasteiger partial charge is 0.227 e. The molecule has 0 fully saturated rings. The minimum atomic E-state index is -0.458. The molecule has 0 bridgehead atoms. The van der Waals surface area contributed by atoms with E-state index in [1.165, 1.54) is 12.1 Å². The van der Waals surface area contributed by atoms with Crippen LogP contribution in [0.5, 0.6) is 11.5 Å². The molecule has 0 saturated carbocycles. The molecule has 4 aromatic rings. The summed E-state index contributed by atoms with van der Waals surface area (Å²) in [5.74, 6) is -0.0796. The molecule has 0 atom stereocenters. The fourth-order valence-corrected chi connectivity index (χ4v) is 3.05. The lowest BCUT2D eigenvalue weighted by molar-refractivity contribution is -0.116. The Balaban J connectivity index is 1.49. The van der Waals surface area contributed by atoms with Gasteiger partial charge in [0.05, 0.1) is 25.8 Å². The van der Waals surface area contributed by atoms with E-state index in [-0.39, 0.29) is 24.7 Å². The summed E-state index contributed by atoms with van der Waals surface area (Å²) in [7, 11) is 1.54. The van der Waals surface area contributed by atoms with E-state index < -0.39 is 5.82 Å². The third-order valence-corrected chi connectivity index (χ3v) is 4.40. The molecule has 6 heteroatoms. The first-order valence-corrected chi connectivity index (χ1v) is 8.82. The Morgan fingerprint density at radius 2 is 1.79 bits per heavy atom. The van der Waals surface area contributed by atoms with Crippen molar-refractivity contribution in [2.24, 2.45) is 0 Å². The first-order chi connectivity index (χ1) is 13.7. The maximum atomic E-state index is 13.5. The Morgan fingerprint density at radius 3 is 2.61 bits per heavy atom. The monoisotopic (exact) mass is 379 g/mol. The predicted octanol–water partition coefficient (Wildman–Crippen LogP) is 5.14. The number of rotatable bonds is 6. The van der Waals surface area contributed by atoms with Crippen LogP contribution in [0.1, 0.15) is 6.42 Å².